The minimum atomic E-state index is -0.729. The zero-order chi connectivity index (χ0) is 9.84. The van der Waals surface area contributed by atoms with Crippen molar-refractivity contribution in [3.8, 4) is 5.75 Å². The van der Waals surface area contributed by atoms with Crippen molar-refractivity contribution in [1.82, 2.24) is 4.98 Å². The first-order valence-electron chi connectivity index (χ1n) is 3.76. The van der Waals surface area contributed by atoms with E-state index in [2.05, 4.69) is 20.9 Å². The van der Waals surface area contributed by atoms with E-state index in [1.807, 2.05) is 0 Å². The second-order valence-corrected chi connectivity index (χ2v) is 3.34. The summed E-state index contributed by atoms with van der Waals surface area (Å²) in [5.74, 6) is 0.535. The van der Waals surface area contributed by atoms with Gasteiger partial charge in [0, 0.05) is 22.8 Å². The Morgan fingerprint density at radius 2 is 2.38 bits per heavy atom. The van der Waals surface area contributed by atoms with E-state index in [-0.39, 0.29) is 6.54 Å². The van der Waals surface area contributed by atoms with E-state index < -0.39 is 6.10 Å². The van der Waals surface area contributed by atoms with Crippen LogP contribution in [0, 0.1) is 0 Å². The van der Waals surface area contributed by atoms with E-state index in [0.717, 1.165) is 0 Å². The lowest BCUT2D eigenvalue weighted by atomic mass is 10.1. The lowest BCUT2D eigenvalue weighted by molar-refractivity contribution is 0.181. The Morgan fingerprint density at radius 1 is 1.69 bits per heavy atom. The smallest absolute Gasteiger partial charge is 0.144 e. The van der Waals surface area contributed by atoms with Crippen LogP contribution in [0.2, 0.25) is 0 Å². The van der Waals surface area contributed by atoms with Gasteiger partial charge < -0.3 is 15.6 Å². The standard InChI is InChI=1S/C8H11BrN2O2/c1-13-7-4-11-3-5(9)8(7)6(12)2-10/h3-4,6,12H,2,10H2,1H3. The van der Waals surface area contributed by atoms with Crippen molar-refractivity contribution in [2.75, 3.05) is 13.7 Å². The summed E-state index contributed by atoms with van der Waals surface area (Å²) >= 11 is 3.27. The van der Waals surface area contributed by atoms with Gasteiger partial charge in [-0.05, 0) is 15.9 Å². The molecule has 3 N–H and O–H groups in total. The first-order chi connectivity index (χ1) is 6.20. The molecule has 0 aliphatic carbocycles. The first-order valence-corrected chi connectivity index (χ1v) is 4.55. The molecular formula is C8H11BrN2O2. The van der Waals surface area contributed by atoms with Gasteiger partial charge in [0.2, 0.25) is 0 Å². The number of rotatable bonds is 3. The Kier molecular flexibility index (Phi) is 3.65. The zero-order valence-electron chi connectivity index (χ0n) is 7.20. The Balaban J connectivity index is 3.14. The van der Waals surface area contributed by atoms with E-state index >= 15 is 0 Å². The highest BCUT2D eigenvalue weighted by atomic mass is 79.9. The van der Waals surface area contributed by atoms with E-state index in [9.17, 15) is 5.11 Å². The van der Waals surface area contributed by atoms with Crippen LogP contribution in [0.4, 0.5) is 0 Å². The highest BCUT2D eigenvalue weighted by Gasteiger charge is 2.15. The zero-order valence-corrected chi connectivity index (χ0v) is 8.78. The number of hydrogen-bond donors (Lipinski definition) is 2. The molecule has 4 nitrogen and oxygen atoms in total. The van der Waals surface area contributed by atoms with Crippen LogP contribution in [-0.4, -0.2) is 23.7 Å². The largest absolute Gasteiger partial charge is 0.495 e. The number of hydrogen-bond acceptors (Lipinski definition) is 4. The van der Waals surface area contributed by atoms with Gasteiger partial charge in [-0.3, -0.25) is 4.98 Å². The van der Waals surface area contributed by atoms with E-state index in [0.29, 0.717) is 15.8 Å². The number of methoxy groups -OCH3 is 1. The highest BCUT2D eigenvalue weighted by Crippen LogP contribution is 2.30. The summed E-state index contributed by atoms with van der Waals surface area (Å²) in [6.45, 7) is 0.152. The third-order valence-electron chi connectivity index (χ3n) is 1.68. The molecule has 1 atom stereocenters. The topological polar surface area (TPSA) is 68.4 Å². The fraction of sp³-hybridized carbons (Fsp3) is 0.375. The fourth-order valence-electron chi connectivity index (χ4n) is 1.03. The average Bonchev–Trinajstić information content (AvgIpc) is 2.16. The van der Waals surface area contributed by atoms with Gasteiger partial charge in [-0.25, -0.2) is 0 Å². The van der Waals surface area contributed by atoms with Crippen LogP contribution in [-0.2, 0) is 0 Å². The molecule has 13 heavy (non-hydrogen) atoms. The van der Waals surface area contributed by atoms with Gasteiger partial charge in [0.25, 0.3) is 0 Å². The number of nitrogens with two attached hydrogens (primary N) is 1. The van der Waals surface area contributed by atoms with Gasteiger partial charge in [-0.1, -0.05) is 0 Å². The average molecular weight is 247 g/mol. The van der Waals surface area contributed by atoms with Gasteiger partial charge in [-0.15, -0.1) is 0 Å². The van der Waals surface area contributed by atoms with Crippen LogP contribution in [0.5, 0.6) is 5.75 Å². The number of pyridine rings is 1. The predicted octanol–water partition coefficient (Wildman–Crippen LogP) is 0.845. The van der Waals surface area contributed by atoms with Crippen molar-refractivity contribution < 1.29 is 9.84 Å². The Morgan fingerprint density at radius 3 is 2.92 bits per heavy atom. The third kappa shape index (κ3) is 2.18. The third-order valence-corrected chi connectivity index (χ3v) is 2.31. The molecule has 1 heterocycles. The van der Waals surface area contributed by atoms with E-state index in [1.165, 1.54) is 7.11 Å². The van der Waals surface area contributed by atoms with Crippen LogP contribution < -0.4 is 10.5 Å². The Labute approximate surface area is 84.9 Å². The van der Waals surface area contributed by atoms with Gasteiger partial charge in [0.15, 0.2) is 0 Å². The number of ether oxygens (including phenoxy) is 1. The molecule has 5 heteroatoms. The van der Waals surface area contributed by atoms with Crippen molar-refractivity contribution in [3.05, 3.63) is 22.4 Å². The van der Waals surface area contributed by atoms with Crippen molar-refractivity contribution in [1.29, 1.82) is 0 Å². The second kappa shape index (κ2) is 4.55. The SMILES string of the molecule is COc1cncc(Br)c1C(O)CN. The lowest BCUT2D eigenvalue weighted by Crippen LogP contribution is -2.13. The molecule has 0 saturated carbocycles. The molecule has 0 aliphatic rings. The quantitative estimate of drug-likeness (QED) is 0.830. The monoisotopic (exact) mass is 246 g/mol. The van der Waals surface area contributed by atoms with Crippen molar-refractivity contribution in [2.24, 2.45) is 5.73 Å². The molecule has 0 bridgehead atoms. The maximum Gasteiger partial charge on any atom is 0.144 e. The first kappa shape index (κ1) is 10.4. The molecule has 1 aromatic rings. The predicted molar refractivity (Wildman–Crippen MR) is 52.5 cm³/mol. The van der Waals surface area contributed by atoms with Crippen LogP contribution in [0.15, 0.2) is 16.9 Å². The van der Waals surface area contributed by atoms with Crippen molar-refractivity contribution in [3.63, 3.8) is 0 Å². The lowest BCUT2D eigenvalue weighted by Gasteiger charge is -2.13. The van der Waals surface area contributed by atoms with Crippen LogP contribution in [0.3, 0.4) is 0 Å². The summed E-state index contributed by atoms with van der Waals surface area (Å²) in [5.41, 5.74) is 5.99. The van der Waals surface area contributed by atoms with E-state index in [1.54, 1.807) is 12.4 Å². The van der Waals surface area contributed by atoms with Gasteiger partial charge in [0.05, 0.1) is 19.4 Å². The molecule has 0 aliphatic heterocycles. The maximum atomic E-state index is 9.56. The van der Waals surface area contributed by atoms with Gasteiger partial charge >= 0.3 is 0 Å². The minimum Gasteiger partial charge on any atom is -0.495 e. The second-order valence-electron chi connectivity index (χ2n) is 2.49. The Bertz CT molecular complexity index is 293. The number of aromatic nitrogens is 1. The molecule has 0 saturated heterocycles. The summed E-state index contributed by atoms with van der Waals surface area (Å²) in [6, 6.07) is 0. The molecule has 0 radical (unpaired) electrons. The van der Waals surface area contributed by atoms with Gasteiger partial charge in [0.1, 0.15) is 5.75 Å². The van der Waals surface area contributed by atoms with Crippen LogP contribution in [0.1, 0.15) is 11.7 Å². The maximum absolute atomic E-state index is 9.56. The molecule has 0 aromatic carbocycles. The Hall–Kier alpha value is -0.650. The normalized spacial score (nSPS) is 12.6. The number of halogens is 1. The molecular weight excluding hydrogens is 236 g/mol. The van der Waals surface area contributed by atoms with Gasteiger partial charge in [-0.2, -0.15) is 0 Å². The molecule has 1 rings (SSSR count). The summed E-state index contributed by atoms with van der Waals surface area (Å²) in [7, 11) is 1.52. The number of aliphatic hydroxyl groups is 1. The highest BCUT2D eigenvalue weighted by molar-refractivity contribution is 9.10. The van der Waals surface area contributed by atoms with E-state index in [4.69, 9.17) is 10.5 Å². The van der Waals surface area contributed by atoms with Crippen molar-refractivity contribution >= 4 is 15.9 Å². The summed E-state index contributed by atoms with van der Waals surface area (Å²) in [5, 5.41) is 9.56. The molecule has 72 valence electrons. The number of aliphatic hydroxyl groups excluding tert-OH is 1. The summed E-state index contributed by atoms with van der Waals surface area (Å²) < 4.78 is 5.74. The molecule has 1 aromatic heterocycles. The summed E-state index contributed by atoms with van der Waals surface area (Å²) in [4.78, 5) is 3.91. The van der Waals surface area contributed by atoms with Crippen LogP contribution in [0.25, 0.3) is 0 Å². The number of nitrogens with zero attached hydrogens (tertiary/aromatic N) is 1. The summed E-state index contributed by atoms with van der Waals surface area (Å²) in [6.07, 6.45) is 2.41. The molecule has 0 fully saturated rings. The molecule has 0 amide bonds. The molecule has 0 spiro atoms. The van der Waals surface area contributed by atoms with Crippen molar-refractivity contribution in [2.45, 2.75) is 6.10 Å². The minimum absolute atomic E-state index is 0.152. The molecule has 1 unspecified atom stereocenters. The fourth-order valence-corrected chi connectivity index (χ4v) is 1.61. The van der Waals surface area contributed by atoms with Crippen LogP contribution >= 0.6 is 15.9 Å².